The summed E-state index contributed by atoms with van der Waals surface area (Å²) in [6.45, 7) is 8.76. The smallest absolute Gasteiger partial charge is 0.145 e. The predicted molar refractivity (Wildman–Crippen MR) is 135 cm³/mol. The standard InChI is InChI=1S/C23H28BrN7OSi/c1-33(2,3)9-8-32-16-31-7-5-19-21(27-15-28-22(19)31)23(13-29-30-14-23)20(4-6-25)17-10-18(24)12-26-11-17/h5,7,10-13,15,20,30H,4,8-9,14,16H2,1-3H3. The van der Waals surface area contributed by atoms with Crippen LogP contribution in [0.25, 0.3) is 11.0 Å². The number of hydrogen-bond acceptors (Lipinski definition) is 7. The molecule has 3 aromatic heterocycles. The lowest BCUT2D eigenvalue weighted by Crippen LogP contribution is -2.40. The lowest BCUT2D eigenvalue weighted by molar-refractivity contribution is 0.0899. The van der Waals surface area contributed by atoms with Crippen LogP contribution in [0.3, 0.4) is 0 Å². The highest BCUT2D eigenvalue weighted by Crippen LogP contribution is 2.43. The number of nitriles is 1. The molecule has 0 spiro atoms. The Hall–Kier alpha value is -2.61. The number of nitrogens with one attached hydrogen (secondary N) is 1. The largest absolute Gasteiger partial charge is 0.361 e. The lowest BCUT2D eigenvalue weighted by atomic mass is 9.69. The van der Waals surface area contributed by atoms with E-state index in [1.54, 1.807) is 12.5 Å². The molecule has 172 valence electrons. The predicted octanol–water partition coefficient (Wildman–Crippen LogP) is 4.43. The van der Waals surface area contributed by atoms with Gasteiger partial charge in [0.1, 0.15) is 18.7 Å². The molecule has 3 aromatic rings. The number of hydrogen-bond donors (Lipinski definition) is 1. The van der Waals surface area contributed by atoms with Gasteiger partial charge in [-0.25, -0.2) is 9.97 Å². The van der Waals surface area contributed by atoms with E-state index >= 15 is 0 Å². The minimum atomic E-state index is -1.14. The Kier molecular flexibility index (Phi) is 6.93. The molecule has 0 saturated carbocycles. The molecule has 0 saturated heterocycles. The van der Waals surface area contributed by atoms with E-state index in [0.29, 0.717) is 19.7 Å². The van der Waals surface area contributed by atoms with Crippen LogP contribution >= 0.6 is 15.9 Å². The third kappa shape index (κ3) is 5.00. The quantitative estimate of drug-likeness (QED) is 0.327. The van der Waals surface area contributed by atoms with Crippen molar-refractivity contribution in [2.45, 2.75) is 50.2 Å². The maximum absolute atomic E-state index is 9.69. The molecule has 1 N–H and O–H groups in total. The number of ether oxygens (including phenoxy) is 1. The molecule has 0 fully saturated rings. The van der Waals surface area contributed by atoms with Crippen LogP contribution in [0.1, 0.15) is 23.6 Å². The minimum Gasteiger partial charge on any atom is -0.361 e. The number of halogens is 1. The molecular weight excluding hydrogens is 498 g/mol. The average molecular weight is 527 g/mol. The van der Waals surface area contributed by atoms with Crippen molar-refractivity contribution in [2.75, 3.05) is 13.2 Å². The highest BCUT2D eigenvalue weighted by molar-refractivity contribution is 9.10. The van der Waals surface area contributed by atoms with Crippen LogP contribution in [-0.4, -0.2) is 47.0 Å². The van der Waals surface area contributed by atoms with Crippen LogP contribution < -0.4 is 5.43 Å². The molecule has 33 heavy (non-hydrogen) atoms. The Morgan fingerprint density at radius 2 is 2.18 bits per heavy atom. The molecular formula is C23H28BrN7OSi. The second kappa shape index (κ2) is 9.71. The van der Waals surface area contributed by atoms with Gasteiger partial charge in [0.15, 0.2) is 0 Å². The molecule has 8 nitrogen and oxygen atoms in total. The molecule has 4 heterocycles. The van der Waals surface area contributed by atoms with Crippen molar-refractivity contribution in [3.05, 3.63) is 52.8 Å². The first kappa shape index (κ1) is 23.5. The zero-order valence-electron chi connectivity index (χ0n) is 19.1. The molecule has 4 rings (SSSR count). The zero-order valence-corrected chi connectivity index (χ0v) is 21.7. The van der Waals surface area contributed by atoms with Crippen molar-refractivity contribution in [1.82, 2.24) is 24.9 Å². The Labute approximate surface area is 203 Å². The second-order valence-corrected chi connectivity index (χ2v) is 16.1. The van der Waals surface area contributed by atoms with E-state index in [9.17, 15) is 5.26 Å². The first-order valence-electron chi connectivity index (χ1n) is 11.0. The highest BCUT2D eigenvalue weighted by Gasteiger charge is 2.45. The van der Waals surface area contributed by atoms with Gasteiger partial charge >= 0.3 is 0 Å². The van der Waals surface area contributed by atoms with E-state index in [2.05, 4.69) is 62.1 Å². The van der Waals surface area contributed by atoms with E-state index < -0.39 is 13.5 Å². The summed E-state index contributed by atoms with van der Waals surface area (Å²) in [6.07, 6.45) is 9.33. The van der Waals surface area contributed by atoms with Crippen molar-refractivity contribution in [2.24, 2.45) is 5.10 Å². The molecule has 2 atom stereocenters. The SMILES string of the molecule is C[Si](C)(C)CCOCn1ccc2c(C3(C(CC#N)c4cncc(Br)c4)C=NNC3)ncnc21. The Morgan fingerprint density at radius 3 is 2.88 bits per heavy atom. The van der Waals surface area contributed by atoms with Crippen LogP contribution in [0.15, 0.2) is 46.6 Å². The van der Waals surface area contributed by atoms with Gasteiger partial charge in [-0.2, -0.15) is 10.4 Å². The Balaban J connectivity index is 1.71. The fraction of sp³-hybridized carbons (Fsp3) is 0.435. The number of nitrogens with zero attached hydrogens (tertiary/aromatic N) is 6. The summed E-state index contributed by atoms with van der Waals surface area (Å²) in [5.74, 6) is -0.180. The molecule has 0 aromatic carbocycles. The van der Waals surface area contributed by atoms with Gasteiger partial charge in [0.2, 0.25) is 0 Å². The molecule has 0 aliphatic carbocycles. The van der Waals surface area contributed by atoms with Crippen molar-refractivity contribution >= 4 is 41.3 Å². The van der Waals surface area contributed by atoms with Gasteiger partial charge in [0.25, 0.3) is 0 Å². The molecule has 0 amide bonds. The topological polar surface area (TPSA) is 101 Å². The van der Waals surface area contributed by atoms with Crippen LogP contribution in [0.4, 0.5) is 0 Å². The highest BCUT2D eigenvalue weighted by atomic mass is 79.9. The van der Waals surface area contributed by atoms with E-state index in [1.807, 2.05) is 35.3 Å². The van der Waals surface area contributed by atoms with Crippen molar-refractivity contribution in [3.8, 4) is 6.07 Å². The molecule has 10 heteroatoms. The number of rotatable bonds is 9. The van der Waals surface area contributed by atoms with E-state index in [1.165, 1.54) is 0 Å². The summed E-state index contributed by atoms with van der Waals surface area (Å²) in [4.78, 5) is 13.6. The Bertz CT molecular complexity index is 1200. The van der Waals surface area contributed by atoms with Gasteiger partial charge in [-0.15, -0.1) is 0 Å². The summed E-state index contributed by atoms with van der Waals surface area (Å²) in [5.41, 5.74) is 5.12. The lowest BCUT2D eigenvalue weighted by Gasteiger charge is -2.33. The van der Waals surface area contributed by atoms with Crippen LogP contribution in [0.5, 0.6) is 0 Å². The van der Waals surface area contributed by atoms with Crippen LogP contribution in [0, 0.1) is 11.3 Å². The van der Waals surface area contributed by atoms with E-state index in [0.717, 1.165) is 39.4 Å². The van der Waals surface area contributed by atoms with Crippen LogP contribution in [-0.2, 0) is 16.9 Å². The van der Waals surface area contributed by atoms with Gasteiger partial charge in [-0.05, 0) is 39.7 Å². The first-order chi connectivity index (χ1) is 15.8. The van der Waals surface area contributed by atoms with Gasteiger partial charge in [-0.1, -0.05) is 19.6 Å². The number of hydrazone groups is 1. The monoisotopic (exact) mass is 525 g/mol. The normalized spacial score (nSPS) is 18.9. The third-order valence-electron chi connectivity index (χ3n) is 6.03. The van der Waals surface area contributed by atoms with Gasteiger partial charge < -0.3 is 14.7 Å². The molecule has 1 aliphatic heterocycles. The maximum Gasteiger partial charge on any atom is 0.145 e. The van der Waals surface area contributed by atoms with Gasteiger partial charge in [-0.3, -0.25) is 4.98 Å². The average Bonchev–Trinajstić information content (AvgIpc) is 3.42. The first-order valence-corrected chi connectivity index (χ1v) is 15.5. The fourth-order valence-corrected chi connectivity index (χ4v) is 5.37. The summed E-state index contributed by atoms with van der Waals surface area (Å²) in [7, 11) is -1.14. The second-order valence-electron chi connectivity index (χ2n) is 9.58. The molecule has 0 bridgehead atoms. The Morgan fingerprint density at radius 1 is 1.33 bits per heavy atom. The van der Waals surface area contributed by atoms with Crippen molar-refractivity contribution in [1.29, 1.82) is 5.26 Å². The van der Waals surface area contributed by atoms with Crippen molar-refractivity contribution in [3.63, 3.8) is 0 Å². The summed E-state index contributed by atoms with van der Waals surface area (Å²) < 4.78 is 8.85. The number of aromatic nitrogens is 4. The summed E-state index contributed by atoms with van der Waals surface area (Å²) in [5, 5.41) is 15.0. The van der Waals surface area contributed by atoms with Gasteiger partial charge in [0.05, 0.1) is 17.2 Å². The number of pyridine rings is 1. The zero-order chi connectivity index (χ0) is 23.5. The minimum absolute atomic E-state index is 0.180. The van der Waals surface area contributed by atoms with Gasteiger partial charge in [0, 0.05) is 68.2 Å². The molecule has 0 radical (unpaired) electrons. The summed E-state index contributed by atoms with van der Waals surface area (Å²) >= 11 is 3.51. The van der Waals surface area contributed by atoms with Crippen molar-refractivity contribution < 1.29 is 4.74 Å². The third-order valence-corrected chi connectivity index (χ3v) is 8.16. The molecule has 2 unspecified atom stereocenters. The van der Waals surface area contributed by atoms with E-state index in [4.69, 9.17) is 9.72 Å². The van der Waals surface area contributed by atoms with Crippen LogP contribution in [0.2, 0.25) is 25.7 Å². The maximum atomic E-state index is 9.69. The molecule has 1 aliphatic rings. The number of fused-ring (bicyclic) bond motifs is 1. The van der Waals surface area contributed by atoms with E-state index in [-0.39, 0.29) is 5.92 Å². The summed E-state index contributed by atoms with van der Waals surface area (Å²) in [6, 6.07) is 7.52. The fourth-order valence-electron chi connectivity index (χ4n) is 4.23.